The molecule has 19 heavy (non-hydrogen) atoms. The zero-order valence-corrected chi connectivity index (χ0v) is 11.8. The third kappa shape index (κ3) is 4.92. The molecule has 0 atom stereocenters. The summed E-state index contributed by atoms with van der Waals surface area (Å²) in [5.41, 5.74) is 6.50. The van der Waals surface area contributed by atoms with E-state index in [9.17, 15) is 4.79 Å². The fourth-order valence-electron chi connectivity index (χ4n) is 1.60. The topological polar surface area (TPSA) is 79.5 Å². The predicted octanol–water partition coefficient (Wildman–Crippen LogP) is 0.950. The Bertz CT molecular complexity index is 434. The molecule has 1 amide bonds. The number of carbonyl (C=O) groups excluding carboxylic acids is 1. The van der Waals surface area contributed by atoms with Crippen LogP contribution in [-0.2, 0) is 0 Å². The first-order chi connectivity index (χ1) is 9.06. The van der Waals surface area contributed by atoms with Crippen LogP contribution in [0.2, 0.25) is 0 Å². The van der Waals surface area contributed by atoms with E-state index in [0.29, 0.717) is 17.8 Å². The highest BCUT2D eigenvalue weighted by Crippen LogP contribution is 2.05. The Labute approximate surface area is 118 Å². The van der Waals surface area contributed by atoms with Crippen molar-refractivity contribution in [2.75, 3.05) is 20.2 Å². The van der Waals surface area contributed by atoms with Crippen molar-refractivity contribution in [1.82, 2.24) is 9.88 Å². The van der Waals surface area contributed by atoms with Gasteiger partial charge in [0, 0.05) is 32.0 Å². The maximum absolute atomic E-state index is 12.0. The first-order valence-electron chi connectivity index (χ1n) is 6.18. The van der Waals surface area contributed by atoms with Crippen molar-refractivity contribution >= 4 is 23.1 Å². The van der Waals surface area contributed by atoms with Crippen molar-refractivity contribution in [3.8, 4) is 0 Å². The van der Waals surface area contributed by atoms with E-state index < -0.39 is 0 Å². The number of hydrogen-bond donors (Lipinski definition) is 2. The average molecular weight is 281 g/mol. The predicted molar refractivity (Wildman–Crippen MR) is 78.0 cm³/mol. The monoisotopic (exact) mass is 281 g/mol. The van der Waals surface area contributed by atoms with Crippen molar-refractivity contribution in [2.24, 2.45) is 5.73 Å². The first kappa shape index (κ1) is 15.5. The Kier molecular flexibility index (Phi) is 6.38. The van der Waals surface area contributed by atoms with Gasteiger partial charge in [-0.3, -0.25) is 9.78 Å². The first-order valence-corrected chi connectivity index (χ1v) is 6.59. The van der Waals surface area contributed by atoms with Crippen molar-refractivity contribution in [1.29, 1.82) is 0 Å². The molecule has 0 saturated carbocycles. The van der Waals surface area contributed by atoms with Crippen LogP contribution in [0.3, 0.4) is 0 Å². The summed E-state index contributed by atoms with van der Waals surface area (Å²) in [4.78, 5) is 18.0. The Morgan fingerprint density at radius 1 is 1.42 bits per heavy atom. The molecular weight excluding hydrogens is 262 g/mol. The molecule has 6 heteroatoms. The highest BCUT2D eigenvalue weighted by molar-refractivity contribution is 7.80. The smallest absolute Gasteiger partial charge is 0.272 e. The van der Waals surface area contributed by atoms with Gasteiger partial charge < -0.3 is 15.7 Å². The molecule has 1 aromatic rings. The molecule has 0 aliphatic heterocycles. The van der Waals surface area contributed by atoms with Gasteiger partial charge >= 0.3 is 0 Å². The summed E-state index contributed by atoms with van der Waals surface area (Å²) in [5.74, 6) is -0.126. The minimum absolute atomic E-state index is 0.126. The number of pyridine rings is 1. The van der Waals surface area contributed by atoms with Gasteiger partial charge in [-0.1, -0.05) is 12.2 Å². The molecule has 1 rings (SSSR count). The summed E-state index contributed by atoms with van der Waals surface area (Å²) in [6, 6.07) is 3.32. The van der Waals surface area contributed by atoms with Gasteiger partial charge in [0.25, 0.3) is 5.91 Å². The SMILES string of the molecule is CN(CCCCCO)C(=O)c1ccc(C(N)=S)cn1. The molecule has 3 N–H and O–H groups in total. The maximum atomic E-state index is 12.0. The lowest BCUT2D eigenvalue weighted by atomic mass is 10.2. The molecule has 0 aliphatic rings. The Hall–Kier alpha value is -1.53. The summed E-state index contributed by atoms with van der Waals surface area (Å²) in [6.07, 6.45) is 4.05. The second kappa shape index (κ2) is 7.81. The summed E-state index contributed by atoms with van der Waals surface area (Å²) in [7, 11) is 1.74. The molecule has 1 heterocycles. The molecule has 0 aromatic carbocycles. The molecule has 0 bridgehead atoms. The fourth-order valence-corrected chi connectivity index (χ4v) is 1.72. The van der Waals surface area contributed by atoms with Crippen LogP contribution in [-0.4, -0.2) is 46.1 Å². The summed E-state index contributed by atoms with van der Waals surface area (Å²) in [5, 5.41) is 8.68. The van der Waals surface area contributed by atoms with Gasteiger partial charge in [-0.15, -0.1) is 0 Å². The highest BCUT2D eigenvalue weighted by Gasteiger charge is 2.12. The van der Waals surface area contributed by atoms with Crippen molar-refractivity contribution < 1.29 is 9.90 Å². The fraction of sp³-hybridized carbons (Fsp3) is 0.462. The van der Waals surface area contributed by atoms with Gasteiger partial charge in [-0.2, -0.15) is 0 Å². The van der Waals surface area contributed by atoms with Crippen LogP contribution in [0.15, 0.2) is 18.3 Å². The molecule has 0 aliphatic carbocycles. The largest absolute Gasteiger partial charge is 0.396 e. The molecule has 0 unspecified atom stereocenters. The van der Waals surface area contributed by atoms with Crippen molar-refractivity contribution in [3.63, 3.8) is 0 Å². The number of hydrogen-bond acceptors (Lipinski definition) is 4. The molecule has 5 nitrogen and oxygen atoms in total. The van der Waals surface area contributed by atoms with Gasteiger partial charge in [0.15, 0.2) is 0 Å². The lowest BCUT2D eigenvalue weighted by Gasteiger charge is -2.16. The summed E-state index contributed by atoms with van der Waals surface area (Å²) in [6.45, 7) is 0.844. The van der Waals surface area contributed by atoms with E-state index in [1.54, 1.807) is 24.1 Å². The Balaban J connectivity index is 2.54. The van der Waals surface area contributed by atoms with Gasteiger partial charge in [-0.25, -0.2) is 0 Å². The zero-order chi connectivity index (χ0) is 14.3. The molecule has 0 radical (unpaired) electrons. The van der Waals surface area contributed by atoms with Crippen molar-refractivity contribution in [2.45, 2.75) is 19.3 Å². The van der Waals surface area contributed by atoms with Crippen molar-refractivity contribution in [3.05, 3.63) is 29.6 Å². The standard InChI is InChI=1S/C13H19N3O2S/c1-16(7-3-2-4-8-17)13(18)11-6-5-10(9-15-11)12(14)19/h5-6,9,17H,2-4,7-8H2,1H3,(H2,14,19). The summed E-state index contributed by atoms with van der Waals surface area (Å²) < 4.78 is 0. The number of thiocarbonyl (C=S) groups is 1. The molecule has 104 valence electrons. The van der Waals surface area contributed by atoms with E-state index >= 15 is 0 Å². The van der Waals surface area contributed by atoms with Crippen LogP contribution >= 0.6 is 12.2 Å². The van der Waals surface area contributed by atoms with Crippen LogP contribution in [0.5, 0.6) is 0 Å². The molecule has 0 saturated heterocycles. The molecule has 0 spiro atoms. The van der Waals surface area contributed by atoms with E-state index in [4.69, 9.17) is 23.1 Å². The van der Waals surface area contributed by atoms with Crippen LogP contribution in [0.1, 0.15) is 35.3 Å². The number of carbonyl (C=O) groups is 1. The zero-order valence-electron chi connectivity index (χ0n) is 11.0. The number of aliphatic hydroxyl groups is 1. The van der Waals surface area contributed by atoms with Gasteiger partial charge in [0.05, 0.1) is 0 Å². The average Bonchev–Trinajstić information content (AvgIpc) is 2.42. The number of rotatable bonds is 7. The Morgan fingerprint density at radius 2 is 2.16 bits per heavy atom. The summed E-state index contributed by atoms with van der Waals surface area (Å²) >= 11 is 4.83. The third-order valence-corrected chi connectivity index (χ3v) is 3.00. The number of nitrogens with zero attached hydrogens (tertiary/aromatic N) is 2. The minimum atomic E-state index is -0.126. The van der Waals surface area contributed by atoms with E-state index in [1.807, 2.05) is 0 Å². The molecular formula is C13H19N3O2S. The van der Waals surface area contributed by atoms with Crippen LogP contribution < -0.4 is 5.73 Å². The number of aromatic nitrogens is 1. The Morgan fingerprint density at radius 3 is 2.68 bits per heavy atom. The number of amides is 1. The highest BCUT2D eigenvalue weighted by atomic mass is 32.1. The van der Waals surface area contributed by atoms with E-state index in [-0.39, 0.29) is 17.5 Å². The van der Waals surface area contributed by atoms with Gasteiger partial charge in [0.1, 0.15) is 10.7 Å². The van der Waals surface area contributed by atoms with E-state index in [2.05, 4.69) is 4.98 Å². The van der Waals surface area contributed by atoms with Crippen LogP contribution in [0.4, 0.5) is 0 Å². The second-order valence-corrected chi connectivity index (χ2v) is 4.75. The van der Waals surface area contributed by atoms with Crippen LogP contribution in [0.25, 0.3) is 0 Å². The quantitative estimate of drug-likeness (QED) is 0.574. The second-order valence-electron chi connectivity index (χ2n) is 4.31. The number of unbranched alkanes of at least 4 members (excludes halogenated alkanes) is 2. The maximum Gasteiger partial charge on any atom is 0.272 e. The molecule has 0 fully saturated rings. The normalized spacial score (nSPS) is 10.2. The lowest BCUT2D eigenvalue weighted by molar-refractivity contribution is 0.0786. The van der Waals surface area contributed by atoms with Gasteiger partial charge in [-0.05, 0) is 31.4 Å². The third-order valence-electron chi connectivity index (χ3n) is 2.77. The minimum Gasteiger partial charge on any atom is -0.396 e. The van der Waals surface area contributed by atoms with E-state index in [0.717, 1.165) is 19.3 Å². The lowest BCUT2D eigenvalue weighted by Crippen LogP contribution is -2.28. The van der Waals surface area contributed by atoms with Crippen LogP contribution in [0, 0.1) is 0 Å². The number of nitrogens with two attached hydrogens (primary N) is 1. The number of aliphatic hydroxyl groups excluding tert-OH is 1. The molecule has 1 aromatic heterocycles. The van der Waals surface area contributed by atoms with E-state index in [1.165, 1.54) is 6.20 Å². The van der Waals surface area contributed by atoms with Gasteiger partial charge in [0.2, 0.25) is 0 Å².